The third-order valence-corrected chi connectivity index (χ3v) is 6.22. The van der Waals surface area contributed by atoms with Crippen molar-refractivity contribution in [2.24, 2.45) is 0 Å². The number of carbonyl (C=O) groups is 1. The van der Waals surface area contributed by atoms with Crippen molar-refractivity contribution in [2.75, 3.05) is 25.1 Å². The molecule has 158 valence electrons. The summed E-state index contributed by atoms with van der Waals surface area (Å²) in [5.74, 6) is -1.88. The van der Waals surface area contributed by atoms with E-state index in [0.29, 0.717) is 11.3 Å². The van der Waals surface area contributed by atoms with E-state index in [-0.39, 0.29) is 36.9 Å². The molecular formula is C20H26NO7P. The van der Waals surface area contributed by atoms with Gasteiger partial charge in [0.05, 0.1) is 25.4 Å². The van der Waals surface area contributed by atoms with E-state index in [9.17, 15) is 19.6 Å². The SMILES string of the molecule is CCOC(=O)c1ccc(N[C@H](c2ccc(O)cc2O)P(=O)(OCC)OCC)cc1. The molecule has 0 radical (unpaired) electrons. The van der Waals surface area contributed by atoms with Crippen molar-refractivity contribution < 1.29 is 33.4 Å². The molecule has 0 heterocycles. The number of benzene rings is 2. The summed E-state index contributed by atoms with van der Waals surface area (Å²) in [5, 5.41) is 23.0. The molecule has 0 spiro atoms. The largest absolute Gasteiger partial charge is 0.508 e. The molecule has 0 bridgehead atoms. The van der Waals surface area contributed by atoms with Crippen molar-refractivity contribution in [3.8, 4) is 11.5 Å². The number of anilines is 1. The van der Waals surface area contributed by atoms with Crippen LogP contribution in [0.2, 0.25) is 0 Å². The van der Waals surface area contributed by atoms with E-state index < -0.39 is 19.3 Å². The van der Waals surface area contributed by atoms with Crippen LogP contribution < -0.4 is 5.32 Å². The van der Waals surface area contributed by atoms with Crippen LogP contribution in [0.5, 0.6) is 11.5 Å². The lowest BCUT2D eigenvalue weighted by atomic mass is 10.1. The summed E-state index contributed by atoms with van der Waals surface area (Å²) in [6, 6.07) is 10.4. The number of phenolic OH excluding ortho intramolecular Hbond substituents is 2. The van der Waals surface area contributed by atoms with Gasteiger partial charge in [0.1, 0.15) is 11.5 Å². The van der Waals surface area contributed by atoms with E-state index in [1.807, 2.05) is 0 Å². The number of nitrogens with one attached hydrogen (secondary N) is 1. The van der Waals surface area contributed by atoms with Crippen LogP contribution in [0, 0.1) is 0 Å². The first-order valence-electron chi connectivity index (χ1n) is 9.29. The minimum atomic E-state index is -3.74. The van der Waals surface area contributed by atoms with Gasteiger partial charge in [-0.15, -0.1) is 0 Å². The fourth-order valence-corrected chi connectivity index (χ4v) is 4.67. The summed E-state index contributed by atoms with van der Waals surface area (Å²) in [7, 11) is -3.74. The van der Waals surface area contributed by atoms with Crippen molar-refractivity contribution in [1.29, 1.82) is 0 Å². The Morgan fingerprint density at radius 3 is 2.14 bits per heavy atom. The van der Waals surface area contributed by atoms with E-state index in [1.165, 1.54) is 12.1 Å². The quantitative estimate of drug-likeness (QED) is 0.374. The molecule has 2 aromatic carbocycles. The number of ether oxygens (including phenoxy) is 1. The zero-order chi connectivity index (χ0) is 21.4. The molecule has 0 unspecified atom stereocenters. The van der Waals surface area contributed by atoms with E-state index in [2.05, 4.69) is 5.32 Å². The molecule has 2 aromatic rings. The molecule has 29 heavy (non-hydrogen) atoms. The molecule has 1 atom stereocenters. The van der Waals surface area contributed by atoms with Crippen molar-refractivity contribution in [1.82, 2.24) is 0 Å². The predicted molar refractivity (Wildman–Crippen MR) is 109 cm³/mol. The zero-order valence-corrected chi connectivity index (χ0v) is 17.5. The highest BCUT2D eigenvalue weighted by molar-refractivity contribution is 7.54. The van der Waals surface area contributed by atoms with Crippen LogP contribution in [0.25, 0.3) is 0 Å². The lowest BCUT2D eigenvalue weighted by molar-refractivity contribution is 0.0526. The molecule has 9 heteroatoms. The molecule has 0 fully saturated rings. The maximum atomic E-state index is 13.5. The van der Waals surface area contributed by atoms with Crippen molar-refractivity contribution in [2.45, 2.75) is 26.6 Å². The Morgan fingerprint density at radius 1 is 1.00 bits per heavy atom. The Kier molecular flexibility index (Phi) is 8.08. The van der Waals surface area contributed by atoms with Gasteiger partial charge in [-0.05, 0) is 57.2 Å². The number of carbonyl (C=O) groups excluding carboxylic acids is 1. The Balaban J connectivity index is 2.42. The van der Waals surface area contributed by atoms with E-state index >= 15 is 0 Å². The van der Waals surface area contributed by atoms with Gasteiger partial charge >= 0.3 is 13.6 Å². The van der Waals surface area contributed by atoms with Crippen LogP contribution in [0.3, 0.4) is 0 Å². The van der Waals surface area contributed by atoms with Gasteiger partial charge in [-0.1, -0.05) is 0 Å². The molecule has 3 N–H and O–H groups in total. The third-order valence-electron chi connectivity index (χ3n) is 3.94. The minimum absolute atomic E-state index is 0.133. The third kappa shape index (κ3) is 5.73. The number of hydrogen-bond acceptors (Lipinski definition) is 8. The number of hydrogen-bond donors (Lipinski definition) is 3. The Bertz CT molecular complexity index is 860. The number of aromatic hydroxyl groups is 2. The Hall–Kier alpha value is -2.54. The summed E-state index contributed by atoms with van der Waals surface area (Å²) in [6.45, 7) is 5.64. The molecule has 0 aliphatic heterocycles. The molecule has 0 saturated heterocycles. The maximum absolute atomic E-state index is 13.5. The van der Waals surface area contributed by atoms with E-state index in [1.54, 1.807) is 45.0 Å². The van der Waals surface area contributed by atoms with Gasteiger partial charge in [0, 0.05) is 17.3 Å². The first kappa shape index (κ1) is 22.7. The van der Waals surface area contributed by atoms with Crippen LogP contribution in [-0.2, 0) is 18.3 Å². The second-order valence-corrected chi connectivity index (χ2v) is 8.08. The first-order valence-corrected chi connectivity index (χ1v) is 10.9. The molecule has 0 saturated carbocycles. The maximum Gasteiger partial charge on any atom is 0.357 e. The van der Waals surface area contributed by atoms with Crippen LogP contribution in [0.1, 0.15) is 42.5 Å². The number of rotatable bonds is 10. The highest BCUT2D eigenvalue weighted by atomic mass is 31.2. The number of phenols is 2. The molecule has 2 rings (SSSR count). The Labute approximate surface area is 170 Å². The van der Waals surface area contributed by atoms with E-state index in [4.69, 9.17) is 13.8 Å². The molecular weight excluding hydrogens is 397 g/mol. The highest BCUT2D eigenvalue weighted by Crippen LogP contribution is 2.62. The van der Waals surface area contributed by atoms with Crippen LogP contribution in [0.15, 0.2) is 42.5 Å². The van der Waals surface area contributed by atoms with Crippen molar-refractivity contribution in [3.05, 3.63) is 53.6 Å². The summed E-state index contributed by atoms with van der Waals surface area (Å²) in [6.07, 6.45) is 0. The average molecular weight is 423 g/mol. The fraction of sp³-hybridized carbons (Fsp3) is 0.350. The second-order valence-electron chi connectivity index (χ2n) is 5.96. The average Bonchev–Trinajstić information content (AvgIpc) is 2.68. The van der Waals surface area contributed by atoms with Gasteiger partial charge in [0.15, 0.2) is 5.78 Å². The Morgan fingerprint density at radius 2 is 1.62 bits per heavy atom. The molecule has 8 nitrogen and oxygen atoms in total. The lowest BCUT2D eigenvalue weighted by Crippen LogP contribution is -2.15. The highest BCUT2D eigenvalue weighted by Gasteiger charge is 2.38. The topological polar surface area (TPSA) is 114 Å². The van der Waals surface area contributed by atoms with Gasteiger partial charge in [-0.3, -0.25) is 4.57 Å². The van der Waals surface area contributed by atoms with Gasteiger partial charge in [-0.2, -0.15) is 0 Å². The molecule has 0 aromatic heterocycles. The van der Waals surface area contributed by atoms with Crippen molar-refractivity contribution >= 4 is 19.3 Å². The second kappa shape index (κ2) is 10.3. The fourth-order valence-electron chi connectivity index (χ4n) is 2.71. The van der Waals surface area contributed by atoms with Gasteiger partial charge in [-0.25, -0.2) is 4.79 Å². The standard InChI is InChI=1S/C20H26NO7P/c1-4-26-20(24)14-7-9-15(10-8-14)21-19(29(25,27-5-2)28-6-3)17-12-11-16(22)13-18(17)23/h7-13,19,21-23H,4-6H2,1-3H3/t19-/m0/s1. The predicted octanol–water partition coefficient (Wildman–Crippen LogP) is 4.65. The first-order chi connectivity index (χ1) is 13.8. The zero-order valence-electron chi connectivity index (χ0n) is 16.6. The summed E-state index contributed by atoms with van der Waals surface area (Å²) in [4.78, 5) is 11.8. The van der Waals surface area contributed by atoms with Crippen LogP contribution >= 0.6 is 7.60 Å². The van der Waals surface area contributed by atoms with Gasteiger partial charge < -0.3 is 29.3 Å². The van der Waals surface area contributed by atoms with Crippen LogP contribution in [0.4, 0.5) is 5.69 Å². The van der Waals surface area contributed by atoms with Crippen molar-refractivity contribution in [3.63, 3.8) is 0 Å². The molecule has 0 aliphatic rings. The normalized spacial score (nSPS) is 12.4. The van der Waals surface area contributed by atoms with Crippen LogP contribution in [-0.4, -0.2) is 36.0 Å². The molecule has 0 amide bonds. The monoisotopic (exact) mass is 423 g/mol. The van der Waals surface area contributed by atoms with Gasteiger partial charge in [0.2, 0.25) is 0 Å². The minimum Gasteiger partial charge on any atom is -0.508 e. The summed E-state index contributed by atoms with van der Waals surface area (Å²) in [5.41, 5.74) is 1.14. The summed E-state index contributed by atoms with van der Waals surface area (Å²) < 4.78 is 29.3. The smallest absolute Gasteiger partial charge is 0.357 e. The lowest BCUT2D eigenvalue weighted by Gasteiger charge is -2.28. The van der Waals surface area contributed by atoms with Gasteiger partial charge in [0.25, 0.3) is 0 Å². The van der Waals surface area contributed by atoms with E-state index in [0.717, 1.165) is 6.07 Å². The number of esters is 1. The molecule has 0 aliphatic carbocycles. The summed E-state index contributed by atoms with van der Waals surface area (Å²) >= 11 is 0.